The zero-order chi connectivity index (χ0) is 13.3. The first-order valence-corrected chi connectivity index (χ1v) is 4.65. The third kappa shape index (κ3) is 2.07. The molecule has 0 unspecified atom stereocenters. The van der Waals surface area contributed by atoms with E-state index < -0.39 is 16.7 Å². The average Bonchev–Trinajstić information content (AvgIpc) is 2.15. The maximum Gasteiger partial charge on any atom is 0.276 e. The Bertz CT molecular complexity index is 499. The molecule has 0 radical (unpaired) electrons. The van der Waals surface area contributed by atoms with E-state index in [1.807, 2.05) is 0 Å². The fourth-order valence-corrected chi connectivity index (χ4v) is 1.68. The zero-order valence-electron chi connectivity index (χ0n) is 9.31. The van der Waals surface area contributed by atoms with Gasteiger partial charge in [-0.25, -0.2) is 0 Å². The van der Waals surface area contributed by atoms with Crippen LogP contribution in [-0.4, -0.2) is 16.7 Å². The van der Waals surface area contributed by atoms with Crippen molar-refractivity contribution < 1.29 is 14.5 Å². The van der Waals surface area contributed by atoms with Crippen LogP contribution in [0.4, 0.5) is 5.69 Å². The summed E-state index contributed by atoms with van der Waals surface area (Å²) in [5.74, 6) is -1.68. The number of nitro benzene ring substituents is 1. The summed E-state index contributed by atoms with van der Waals surface area (Å²) >= 11 is 0. The molecule has 2 amide bonds. The van der Waals surface area contributed by atoms with Crippen molar-refractivity contribution in [1.29, 1.82) is 0 Å². The number of amides is 2. The van der Waals surface area contributed by atoms with Crippen LogP contribution in [0, 0.1) is 24.0 Å². The number of hydrogen-bond acceptors (Lipinski definition) is 4. The van der Waals surface area contributed by atoms with Crippen LogP contribution in [0.5, 0.6) is 0 Å². The summed E-state index contributed by atoms with van der Waals surface area (Å²) in [5, 5.41) is 10.9. The molecule has 4 N–H and O–H groups in total. The van der Waals surface area contributed by atoms with E-state index in [1.54, 1.807) is 0 Å². The van der Waals surface area contributed by atoms with Crippen molar-refractivity contribution in [2.24, 2.45) is 11.5 Å². The molecule has 7 heteroatoms. The molecule has 0 aliphatic heterocycles. The van der Waals surface area contributed by atoms with Gasteiger partial charge in [0.15, 0.2) is 0 Å². The first kappa shape index (κ1) is 12.6. The van der Waals surface area contributed by atoms with Gasteiger partial charge in [0.1, 0.15) is 0 Å². The van der Waals surface area contributed by atoms with Gasteiger partial charge in [0.05, 0.1) is 4.92 Å². The van der Waals surface area contributed by atoms with Crippen molar-refractivity contribution >= 4 is 17.5 Å². The minimum atomic E-state index is -0.840. The number of carbonyl (C=O) groups is 2. The average molecular weight is 237 g/mol. The highest BCUT2D eigenvalue weighted by atomic mass is 16.6. The molecule has 1 aromatic rings. The Morgan fingerprint density at radius 3 is 1.71 bits per heavy atom. The third-order valence-electron chi connectivity index (χ3n) is 2.52. The number of primary amides is 2. The standard InChI is InChI=1S/C10H11N3O4/c1-4-6(9(11)14)3-7(10(12)15)5(2)8(4)13(16)17/h3H,1-2H3,(H2,11,14)(H2,12,15). The van der Waals surface area contributed by atoms with Gasteiger partial charge in [0, 0.05) is 22.3 Å². The molecule has 1 aromatic carbocycles. The van der Waals surface area contributed by atoms with E-state index in [1.165, 1.54) is 19.9 Å². The topological polar surface area (TPSA) is 129 Å². The van der Waals surface area contributed by atoms with Gasteiger partial charge >= 0.3 is 0 Å². The summed E-state index contributed by atoms with van der Waals surface area (Å²) in [6.07, 6.45) is 0. The number of carbonyl (C=O) groups excluding carboxylic acids is 2. The molecule has 0 bridgehead atoms. The largest absolute Gasteiger partial charge is 0.366 e. The second-order valence-electron chi connectivity index (χ2n) is 3.56. The van der Waals surface area contributed by atoms with Crippen molar-refractivity contribution in [2.75, 3.05) is 0 Å². The summed E-state index contributed by atoms with van der Waals surface area (Å²) in [6, 6.07) is 1.18. The monoisotopic (exact) mass is 237 g/mol. The number of nitrogens with two attached hydrogens (primary N) is 2. The number of rotatable bonds is 3. The van der Waals surface area contributed by atoms with Crippen LogP contribution in [0.2, 0.25) is 0 Å². The van der Waals surface area contributed by atoms with Gasteiger partial charge in [-0.1, -0.05) is 0 Å². The Hall–Kier alpha value is -2.44. The van der Waals surface area contributed by atoms with Gasteiger partial charge in [-0.3, -0.25) is 19.7 Å². The highest BCUT2D eigenvalue weighted by Gasteiger charge is 2.25. The summed E-state index contributed by atoms with van der Waals surface area (Å²) < 4.78 is 0. The summed E-state index contributed by atoms with van der Waals surface area (Å²) in [4.78, 5) is 32.5. The smallest absolute Gasteiger partial charge is 0.276 e. The molecule has 0 aliphatic carbocycles. The second-order valence-corrected chi connectivity index (χ2v) is 3.56. The van der Waals surface area contributed by atoms with Gasteiger partial charge < -0.3 is 11.5 Å². The Kier molecular flexibility index (Phi) is 3.12. The van der Waals surface area contributed by atoms with E-state index in [0.717, 1.165) is 0 Å². The predicted octanol–water partition coefficient (Wildman–Crippen LogP) is 0.409. The number of benzene rings is 1. The molecule has 0 saturated heterocycles. The van der Waals surface area contributed by atoms with E-state index in [2.05, 4.69) is 0 Å². The van der Waals surface area contributed by atoms with Crippen LogP contribution in [0.15, 0.2) is 6.07 Å². The van der Waals surface area contributed by atoms with Gasteiger partial charge in [0.2, 0.25) is 11.8 Å². The quantitative estimate of drug-likeness (QED) is 0.582. The second kappa shape index (κ2) is 4.20. The Balaban J connectivity index is 3.76. The van der Waals surface area contributed by atoms with Crippen molar-refractivity contribution in [3.8, 4) is 0 Å². The SMILES string of the molecule is Cc1c(C(N)=O)cc(C(N)=O)c(C)c1[N+](=O)[O-]. The molecule has 7 nitrogen and oxygen atoms in total. The fourth-order valence-electron chi connectivity index (χ4n) is 1.68. The van der Waals surface area contributed by atoms with Gasteiger partial charge in [-0.05, 0) is 19.9 Å². The van der Waals surface area contributed by atoms with Crippen LogP contribution < -0.4 is 11.5 Å². The van der Waals surface area contributed by atoms with E-state index >= 15 is 0 Å². The van der Waals surface area contributed by atoms with Gasteiger partial charge in [-0.2, -0.15) is 0 Å². The summed E-state index contributed by atoms with van der Waals surface area (Å²) in [6.45, 7) is 2.80. The van der Waals surface area contributed by atoms with E-state index in [-0.39, 0.29) is 27.9 Å². The van der Waals surface area contributed by atoms with Crippen LogP contribution in [0.25, 0.3) is 0 Å². The molecule has 0 atom stereocenters. The number of nitro groups is 1. The third-order valence-corrected chi connectivity index (χ3v) is 2.52. The molecule has 17 heavy (non-hydrogen) atoms. The maximum atomic E-state index is 11.1. The molecule has 0 aliphatic rings. The molecule has 0 fully saturated rings. The van der Waals surface area contributed by atoms with E-state index in [0.29, 0.717) is 0 Å². The summed E-state index contributed by atoms with van der Waals surface area (Å²) in [7, 11) is 0. The van der Waals surface area contributed by atoms with Crippen molar-refractivity contribution in [2.45, 2.75) is 13.8 Å². The molecule has 90 valence electrons. The molecular weight excluding hydrogens is 226 g/mol. The van der Waals surface area contributed by atoms with Crippen LogP contribution in [-0.2, 0) is 0 Å². The highest BCUT2D eigenvalue weighted by Crippen LogP contribution is 2.28. The lowest BCUT2D eigenvalue weighted by molar-refractivity contribution is -0.386. The molecule has 0 saturated carbocycles. The zero-order valence-corrected chi connectivity index (χ0v) is 9.31. The first-order chi connectivity index (χ1) is 7.77. The first-order valence-electron chi connectivity index (χ1n) is 4.65. The maximum absolute atomic E-state index is 11.1. The van der Waals surface area contributed by atoms with E-state index in [4.69, 9.17) is 11.5 Å². The minimum Gasteiger partial charge on any atom is -0.366 e. The van der Waals surface area contributed by atoms with Crippen LogP contribution >= 0.6 is 0 Å². The van der Waals surface area contributed by atoms with Gasteiger partial charge in [-0.15, -0.1) is 0 Å². The molecule has 1 rings (SSSR count). The van der Waals surface area contributed by atoms with Crippen LogP contribution in [0.1, 0.15) is 31.8 Å². The minimum absolute atomic E-state index is 0.0731. The molecular formula is C10H11N3O4. The number of nitrogens with zero attached hydrogens (tertiary/aromatic N) is 1. The lowest BCUT2D eigenvalue weighted by Gasteiger charge is -2.09. The van der Waals surface area contributed by atoms with Gasteiger partial charge in [0.25, 0.3) is 5.69 Å². The molecule has 0 heterocycles. The van der Waals surface area contributed by atoms with Crippen molar-refractivity contribution in [3.63, 3.8) is 0 Å². The number of hydrogen-bond donors (Lipinski definition) is 2. The Morgan fingerprint density at radius 1 is 1.12 bits per heavy atom. The highest BCUT2D eigenvalue weighted by molar-refractivity contribution is 6.02. The van der Waals surface area contributed by atoms with Crippen LogP contribution in [0.3, 0.4) is 0 Å². The lowest BCUT2D eigenvalue weighted by atomic mass is 9.96. The van der Waals surface area contributed by atoms with Crippen molar-refractivity contribution in [3.05, 3.63) is 38.4 Å². The Labute approximate surface area is 96.5 Å². The van der Waals surface area contributed by atoms with E-state index in [9.17, 15) is 19.7 Å². The predicted molar refractivity (Wildman–Crippen MR) is 59.6 cm³/mol. The molecule has 0 spiro atoms. The summed E-state index contributed by atoms with van der Waals surface area (Å²) in [5.41, 5.74) is 9.98. The fraction of sp³-hybridized carbons (Fsp3) is 0.200. The Morgan fingerprint density at radius 2 is 1.47 bits per heavy atom. The molecule has 0 aromatic heterocycles. The van der Waals surface area contributed by atoms with Crippen molar-refractivity contribution in [1.82, 2.24) is 0 Å². The lowest BCUT2D eigenvalue weighted by Crippen LogP contribution is -2.19. The normalized spacial score (nSPS) is 10.0.